The van der Waals surface area contributed by atoms with Crippen LogP contribution in [0.1, 0.15) is 25.7 Å². The first-order valence-electron chi connectivity index (χ1n) is 5.03. The normalized spacial score (nSPS) is 21.1. The molecule has 1 amide bonds. The SMILES string of the molecule is N#CCCCCN1CC(S(=O)(=O)F)CC1=O. The van der Waals surface area contributed by atoms with Crippen LogP contribution in [-0.2, 0) is 15.0 Å². The lowest BCUT2D eigenvalue weighted by Crippen LogP contribution is -2.28. The van der Waals surface area contributed by atoms with Gasteiger partial charge in [0.2, 0.25) is 5.91 Å². The molecule has 0 N–H and O–H groups in total. The van der Waals surface area contributed by atoms with Crippen molar-refractivity contribution in [2.24, 2.45) is 0 Å². The number of nitriles is 1. The molecule has 1 unspecified atom stereocenters. The van der Waals surface area contributed by atoms with E-state index < -0.39 is 15.5 Å². The minimum atomic E-state index is -4.62. The predicted molar refractivity (Wildman–Crippen MR) is 54.5 cm³/mol. The van der Waals surface area contributed by atoms with Gasteiger partial charge in [0.25, 0.3) is 0 Å². The van der Waals surface area contributed by atoms with Crippen molar-refractivity contribution in [2.75, 3.05) is 13.1 Å². The van der Waals surface area contributed by atoms with E-state index in [0.29, 0.717) is 25.8 Å². The number of likely N-dealkylation sites (tertiary alicyclic amines) is 1. The molecule has 0 aromatic rings. The van der Waals surface area contributed by atoms with Crippen molar-refractivity contribution in [1.82, 2.24) is 4.90 Å². The molecule has 0 saturated carbocycles. The fourth-order valence-corrected chi connectivity index (χ4v) is 2.35. The molecular weight excluding hydrogens is 235 g/mol. The number of nitrogens with zero attached hydrogens (tertiary/aromatic N) is 2. The molecule has 1 fully saturated rings. The van der Waals surface area contributed by atoms with Crippen molar-refractivity contribution in [3.8, 4) is 6.07 Å². The Labute approximate surface area is 94.1 Å². The number of carbonyl (C=O) groups excluding carboxylic acids is 1. The number of rotatable bonds is 5. The smallest absolute Gasteiger partial charge is 0.307 e. The predicted octanol–water partition coefficient (Wildman–Crippen LogP) is 0.580. The molecule has 0 bridgehead atoms. The number of hydrogen-bond acceptors (Lipinski definition) is 4. The quantitative estimate of drug-likeness (QED) is 0.526. The topological polar surface area (TPSA) is 78.2 Å². The number of carbonyl (C=O) groups is 1. The van der Waals surface area contributed by atoms with E-state index in [4.69, 9.17) is 5.26 Å². The van der Waals surface area contributed by atoms with Crippen LogP contribution < -0.4 is 0 Å². The van der Waals surface area contributed by atoms with E-state index in [2.05, 4.69) is 0 Å². The summed E-state index contributed by atoms with van der Waals surface area (Å²) in [5.41, 5.74) is 0. The minimum absolute atomic E-state index is 0.0653. The Kier molecular flexibility index (Phi) is 4.24. The summed E-state index contributed by atoms with van der Waals surface area (Å²) in [6.07, 6.45) is 1.44. The number of hydrogen-bond donors (Lipinski definition) is 0. The third-order valence-electron chi connectivity index (χ3n) is 2.54. The molecule has 0 aromatic heterocycles. The van der Waals surface area contributed by atoms with Crippen LogP contribution in [0.15, 0.2) is 0 Å². The van der Waals surface area contributed by atoms with Crippen molar-refractivity contribution in [3.63, 3.8) is 0 Å². The molecule has 0 spiro atoms. The van der Waals surface area contributed by atoms with Crippen molar-refractivity contribution in [3.05, 3.63) is 0 Å². The summed E-state index contributed by atoms with van der Waals surface area (Å²) in [7, 11) is -4.62. The standard InChI is InChI=1S/C9H13FN2O3S/c10-16(14,15)8-6-9(13)12(7-8)5-3-1-2-4-11/h8H,1-3,5-7H2. The molecule has 1 heterocycles. The molecule has 1 aliphatic heterocycles. The van der Waals surface area contributed by atoms with Gasteiger partial charge in [-0.15, -0.1) is 3.89 Å². The highest BCUT2D eigenvalue weighted by Gasteiger charge is 2.37. The average Bonchev–Trinajstić information content (AvgIpc) is 2.55. The van der Waals surface area contributed by atoms with Gasteiger partial charge >= 0.3 is 10.2 Å². The second-order valence-electron chi connectivity index (χ2n) is 3.76. The first kappa shape index (κ1) is 12.9. The van der Waals surface area contributed by atoms with E-state index in [1.807, 2.05) is 6.07 Å². The van der Waals surface area contributed by atoms with Crippen LogP contribution in [0.4, 0.5) is 3.89 Å². The minimum Gasteiger partial charge on any atom is -0.341 e. The monoisotopic (exact) mass is 248 g/mol. The second-order valence-corrected chi connectivity index (χ2v) is 5.37. The van der Waals surface area contributed by atoms with Gasteiger partial charge in [0.15, 0.2) is 0 Å². The Bertz CT molecular complexity index is 401. The molecule has 7 heteroatoms. The molecular formula is C9H13FN2O3S. The van der Waals surface area contributed by atoms with E-state index in [1.54, 1.807) is 0 Å². The summed E-state index contributed by atoms with van der Waals surface area (Å²) in [6, 6.07) is 1.98. The molecule has 1 aliphatic rings. The highest BCUT2D eigenvalue weighted by Crippen LogP contribution is 2.19. The summed E-state index contributed by atoms with van der Waals surface area (Å²) < 4.78 is 33.9. The van der Waals surface area contributed by atoms with Crippen LogP contribution in [0.25, 0.3) is 0 Å². The summed E-state index contributed by atoms with van der Waals surface area (Å²) in [6.45, 7) is 0.330. The van der Waals surface area contributed by atoms with Crippen LogP contribution >= 0.6 is 0 Å². The molecule has 1 rings (SSSR count). The maximum atomic E-state index is 12.6. The van der Waals surface area contributed by atoms with Gasteiger partial charge in [0.1, 0.15) is 5.25 Å². The third kappa shape index (κ3) is 3.45. The maximum Gasteiger partial charge on any atom is 0.307 e. The maximum absolute atomic E-state index is 12.6. The zero-order valence-corrected chi connectivity index (χ0v) is 9.54. The highest BCUT2D eigenvalue weighted by atomic mass is 32.3. The Balaban J connectivity index is 2.41. The Morgan fingerprint density at radius 3 is 2.69 bits per heavy atom. The van der Waals surface area contributed by atoms with Crippen LogP contribution in [0.5, 0.6) is 0 Å². The first-order chi connectivity index (χ1) is 7.45. The van der Waals surface area contributed by atoms with Gasteiger partial charge in [-0.1, -0.05) is 0 Å². The molecule has 5 nitrogen and oxygen atoms in total. The lowest BCUT2D eigenvalue weighted by atomic mass is 10.2. The highest BCUT2D eigenvalue weighted by molar-refractivity contribution is 7.87. The van der Waals surface area contributed by atoms with E-state index in [0.717, 1.165) is 0 Å². The van der Waals surface area contributed by atoms with Gasteiger partial charge in [0, 0.05) is 25.9 Å². The molecule has 1 atom stereocenters. The Hall–Kier alpha value is -1.16. The van der Waals surface area contributed by atoms with Crippen LogP contribution in [0.3, 0.4) is 0 Å². The fourth-order valence-electron chi connectivity index (χ4n) is 1.65. The number of halogens is 1. The lowest BCUT2D eigenvalue weighted by molar-refractivity contribution is -0.127. The van der Waals surface area contributed by atoms with Crippen LogP contribution in [0, 0.1) is 11.3 Å². The Morgan fingerprint density at radius 1 is 1.50 bits per heavy atom. The van der Waals surface area contributed by atoms with Crippen molar-refractivity contribution >= 4 is 16.1 Å². The molecule has 0 aliphatic carbocycles. The van der Waals surface area contributed by atoms with Crippen molar-refractivity contribution in [1.29, 1.82) is 5.26 Å². The van der Waals surface area contributed by atoms with Gasteiger partial charge in [-0.25, -0.2) is 0 Å². The van der Waals surface area contributed by atoms with Gasteiger partial charge in [0.05, 0.1) is 6.07 Å². The second kappa shape index (κ2) is 5.25. The van der Waals surface area contributed by atoms with Crippen molar-refractivity contribution in [2.45, 2.75) is 30.9 Å². The van der Waals surface area contributed by atoms with Gasteiger partial charge in [-0.2, -0.15) is 13.7 Å². The molecule has 0 aromatic carbocycles. The summed E-state index contributed by atoms with van der Waals surface area (Å²) in [4.78, 5) is 12.7. The van der Waals surface area contributed by atoms with Gasteiger partial charge < -0.3 is 4.90 Å². The van der Waals surface area contributed by atoms with Crippen molar-refractivity contribution < 1.29 is 17.1 Å². The third-order valence-corrected chi connectivity index (χ3v) is 3.66. The van der Waals surface area contributed by atoms with Gasteiger partial charge in [-0.3, -0.25) is 4.79 Å². The van der Waals surface area contributed by atoms with Crippen LogP contribution in [-0.4, -0.2) is 37.6 Å². The summed E-state index contributed by atoms with van der Waals surface area (Å²) >= 11 is 0. The lowest BCUT2D eigenvalue weighted by Gasteiger charge is -2.14. The van der Waals surface area contributed by atoms with E-state index >= 15 is 0 Å². The van der Waals surface area contributed by atoms with Gasteiger partial charge in [-0.05, 0) is 12.8 Å². The Morgan fingerprint density at radius 2 is 2.19 bits per heavy atom. The molecule has 0 radical (unpaired) electrons. The van der Waals surface area contributed by atoms with E-state index in [1.165, 1.54) is 4.90 Å². The van der Waals surface area contributed by atoms with Crippen LogP contribution in [0.2, 0.25) is 0 Å². The summed E-state index contributed by atoms with van der Waals surface area (Å²) in [5.74, 6) is -0.330. The first-order valence-corrected chi connectivity index (χ1v) is 6.48. The largest absolute Gasteiger partial charge is 0.341 e. The number of amides is 1. The molecule has 16 heavy (non-hydrogen) atoms. The molecule has 90 valence electrons. The summed E-state index contributed by atoms with van der Waals surface area (Å²) in [5, 5.41) is 7.09. The van der Waals surface area contributed by atoms with E-state index in [-0.39, 0.29) is 18.9 Å². The average molecular weight is 248 g/mol. The number of unbranched alkanes of at least 4 members (excludes halogenated alkanes) is 2. The zero-order chi connectivity index (χ0) is 12.2. The zero-order valence-electron chi connectivity index (χ0n) is 8.73. The molecule has 1 saturated heterocycles. The van der Waals surface area contributed by atoms with E-state index in [9.17, 15) is 17.1 Å². The fraction of sp³-hybridized carbons (Fsp3) is 0.778.